The van der Waals surface area contributed by atoms with Crippen LogP contribution in [0, 0.1) is 17.0 Å². The molecule has 9 nitrogen and oxygen atoms in total. The highest BCUT2D eigenvalue weighted by Gasteiger charge is 2.20. The Labute approximate surface area is 118 Å². The monoisotopic (exact) mass is 293 g/mol. The number of hydrogen-bond acceptors (Lipinski definition) is 8. The maximum atomic E-state index is 10.9. The van der Waals surface area contributed by atoms with Gasteiger partial charge in [-0.1, -0.05) is 0 Å². The van der Waals surface area contributed by atoms with Crippen LogP contribution in [-0.4, -0.2) is 28.5 Å². The molecule has 0 amide bonds. The first-order valence-electron chi connectivity index (χ1n) is 5.78. The van der Waals surface area contributed by atoms with E-state index >= 15 is 0 Å². The van der Waals surface area contributed by atoms with E-state index in [0.29, 0.717) is 12.2 Å². The highest BCUT2D eigenvalue weighted by atomic mass is 16.6. The van der Waals surface area contributed by atoms with Crippen LogP contribution < -0.4 is 9.47 Å². The van der Waals surface area contributed by atoms with Gasteiger partial charge in [0.1, 0.15) is 0 Å². The summed E-state index contributed by atoms with van der Waals surface area (Å²) < 4.78 is 15.5. The molecular weight excluding hydrogens is 282 g/mol. The van der Waals surface area contributed by atoms with E-state index < -0.39 is 4.92 Å². The lowest BCUT2D eigenvalue weighted by Crippen LogP contribution is -2.01. The third-order valence-corrected chi connectivity index (χ3v) is 2.56. The molecule has 0 radical (unpaired) electrons. The van der Waals surface area contributed by atoms with Gasteiger partial charge in [0.2, 0.25) is 5.89 Å². The standard InChI is InChI=1S/C12H11N3O6/c1-7-13-14-12(21-7)6-20-11-4-9(15(17)18)8(5-16)3-10(11)19-2/h3-5H,6H2,1-2H3. The molecule has 2 aromatic rings. The molecule has 9 heteroatoms. The zero-order valence-corrected chi connectivity index (χ0v) is 11.2. The third kappa shape index (κ3) is 3.14. The fourth-order valence-electron chi connectivity index (χ4n) is 1.63. The van der Waals surface area contributed by atoms with E-state index in [-0.39, 0.29) is 35.2 Å². The topological polar surface area (TPSA) is 118 Å². The minimum absolute atomic E-state index is 0.0746. The van der Waals surface area contributed by atoms with Crippen molar-refractivity contribution in [1.29, 1.82) is 0 Å². The minimum Gasteiger partial charge on any atom is -0.493 e. The molecule has 0 atom stereocenters. The predicted octanol–water partition coefficient (Wildman–Crippen LogP) is 1.69. The molecule has 110 valence electrons. The highest BCUT2D eigenvalue weighted by molar-refractivity contribution is 5.83. The fraction of sp³-hybridized carbons (Fsp3) is 0.250. The summed E-state index contributed by atoms with van der Waals surface area (Å²) in [7, 11) is 1.36. The summed E-state index contributed by atoms with van der Waals surface area (Å²) in [5.74, 6) is 0.893. The Morgan fingerprint density at radius 2 is 2.14 bits per heavy atom. The molecule has 0 N–H and O–H groups in total. The molecule has 0 spiro atoms. The van der Waals surface area contributed by atoms with E-state index in [2.05, 4.69) is 10.2 Å². The van der Waals surface area contributed by atoms with E-state index in [9.17, 15) is 14.9 Å². The number of hydrogen-bond donors (Lipinski definition) is 0. The first-order chi connectivity index (χ1) is 10.0. The summed E-state index contributed by atoms with van der Waals surface area (Å²) in [5.41, 5.74) is -0.472. The zero-order chi connectivity index (χ0) is 15.4. The molecule has 1 aromatic heterocycles. The number of aryl methyl sites for hydroxylation is 1. The van der Waals surface area contributed by atoms with Gasteiger partial charge in [-0.05, 0) is 0 Å². The van der Waals surface area contributed by atoms with E-state index in [0.717, 1.165) is 6.07 Å². The van der Waals surface area contributed by atoms with Crippen LogP contribution >= 0.6 is 0 Å². The minimum atomic E-state index is -0.674. The number of nitro groups is 1. The Morgan fingerprint density at radius 1 is 1.38 bits per heavy atom. The van der Waals surface area contributed by atoms with Crippen LogP contribution in [-0.2, 0) is 6.61 Å². The van der Waals surface area contributed by atoms with Crippen LogP contribution in [0.2, 0.25) is 0 Å². The van der Waals surface area contributed by atoms with Gasteiger partial charge in [-0.3, -0.25) is 14.9 Å². The number of aldehydes is 1. The number of carbonyl (C=O) groups is 1. The molecule has 0 unspecified atom stereocenters. The van der Waals surface area contributed by atoms with E-state index in [4.69, 9.17) is 13.9 Å². The quantitative estimate of drug-likeness (QED) is 0.448. The largest absolute Gasteiger partial charge is 0.493 e. The predicted molar refractivity (Wildman–Crippen MR) is 68.4 cm³/mol. The Balaban J connectivity index is 2.30. The molecule has 1 heterocycles. The van der Waals surface area contributed by atoms with E-state index in [1.807, 2.05) is 0 Å². The molecular formula is C12H11N3O6. The summed E-state index contributed by atoms with van der Waals surface area (Å²) in [6.45, 7) is 1.55. The van der Waals surface area contributed by atoms with Gasteiger partial charge in [-0.25, -0.2) is 0 Å². The van der Waals surface area contributed by atoms with Crippen molar-refractivity contribution < 1.29 is 23.6 Å². The second kappa shape index (κ2) is 5.99. The van der Waals surface area contributed by atoms with Gasteiger partial charge in [0.25, 0.3) is 11.6 Å². The molecule has 0 aliphatic heterocycles. The fourth-order valence-corrected chi connectivity index (χ4v) is 1.63. The number of methoxy groups -OCH3 is 1. The van der Waals surface area contributed by atoms with Crippen molar-refractivity contribution in [1.82, 2.24) is 10.2 Å². The Hall–Kier alpha value is -2.97. The molecule has 2 rings (SSSR count). The normalized spacial score (nSPS) is 10.2. The van der Waals surface area contributed by atoms with Crippen LogP contribution in [0.15, 0.2) is 16.5 Å². The second-order valence-electron chi connectivity index (χ2n) is 3.94. The Kier molecular flexibility index (Phi) is 4.12. The van der Waals surface area contributed by atoms with Crippen LogP contribution in [0.25, 0.3) is 0 Å². The maximum absolute atomic E-state index is 10.9. The summed E-state index contributed by atoms with van der Waals surface area (Å²) in [5, 5.41) is 18.3. The lowest BCUT2D eigenvalue weighted by atomic mass is 10.1. The number of ether oxygens (including phenoxy) is 2. The summed E-state index contributed by atoms with van der Waals surface area (Å²) in [4.78, 5) is 21.1. The van der Waals surface area contributed by atoms with Gasteiger partial charge in [-0.2, -0.15) is 0 Å². The average molecular weight is 293 g/mol. The molecule has 21 heavy (non-hydrogen) atoms. The highest BCUT2D eigenvalue weighted by Crippen LogP contribution is 2.34. The number of nitrogens with zero attached hydrogens (tertiary/aromatic N) is 3. The number of aromatic nitrogens is 2. The maximum Gasteiger partial charge on any atom is 0.283 e. The molecule has 0 saturated carbocycles. The molecule has 1 aromatic carbocycles. The van der Waals surface area contributed by atoms with Crippen molar-refractivity contribution >= 4 is 12.0 Å². The van der Waals surface area contributed by atoms with Crippen molar-refractivity contribution in [2.24, 2.45) is 0 Å². The lowest BCUT2D eigenvalue weighted by Gasteiger charge is -2.09. The van der Waals surface area contributed by atoms with Gasteiger partial charge in [0.15, 0.2) is 24.4 Å². The van der Waals surface area contributed by atoms with Gasteiger partial charge in [0, 0.05) is 13.0 Å². The van der Waals surface area contributed by atoms with Crippen LogP contribution in [0.3, 0.4) is 0 Å². The first-order valence-corrected chi connectivity index (χ1v) is 5.78. The Bertz CT molecular complexity index is 682. The van der Waals surface area contributed by atoms with Crippen molar-refractivity contribution in [3.8, 4) is 11.5 Å². The van der Waals surface area contributed by atoms with Crippen molar-refractivity contribution in [2.45, 2.75) is 13.5 Å². The van der Waals surface area contributed by atoms with Crippen molar-refractivity contribution in [3.05, 3.63) is 39.6 Å². The van der Waals surface area contributed by atoms with Crippen molar-refractivity contribution in [3.63, 3.8) is 0 Å². The smallest absolute Gasteiger partial charge is 0.283 e. The number of carbonyl (C=O) groups excluding carboxylic acids is 1. The molecule has 0 aliphatic carbocycles. The van der Waals surface area contributed by atoms with Gasteiger partial charge >= 0.3 is 0 Å². The van der Waals surface area contributed by atoms with E-state index in [1.165, 1.54) is 13.2 Å². The summed E-state index contributed by atoms with van der Waals surface area (Å²) in [6, 6.07) is 2.35. The first kappa shape index (κ1) is 14.4. The number of nitro benzene ring substituents is 1. The van der Waals surface area contributed by atoms with Gasteiger partial charge < -0.3 is 13.9 Å². The van der Waals surface area contributed by atoms with Crippen molar-refractivity contribution in [2.75, 3.05) is 7.11 Å². The van der Waals surface area contributed by atoms with Crippen LogP contribution in [0.5, 0.6) is 11.5 Å². The molecule has 0 fully saturated rings. The SMILES string of the molecule is COc1cc(C=O)c([N+](=O)[O-])cc1OCc1nnc(C)o1. The number of rotatable bonds is 6. The zero-order valence-electron chi connectivity index (χ0n) is 11.2. The van der Waals surface area contributed by atoms with Gasteiger partial charge in [0.05, 0.1) is 23.7 Å². The molecule has 0 saturated heterocycles. The Morgan fingerprint density at radius 3 is 2.67 bits per heavy atom. The lowest BCUT2D eigenvalue weighted by molar-refractivity contribution is -0.385. The van der Waals surface area contributed by atoms with Crippen LogP contribution in [0.1, 0.15) is 22.1 Å². The third-order valence-electron chi connectivity index (χ3n) is 2.56. The molecule has 0 aliphatic rings. The molecule has 0 bridgehead atoms. The second-order valence-corrected chi connectivity index (χ2v) is 3.94. The summed E-state index contributed by atoms with van der Waals surface area (Å²) in [6.07, 6.45) is 0.381. The number of benzene rings is 1. The summed E-state index contributed by atoms with van der Waals surface area (Å²) >= 11 is 0. The van der Waals surface area contributed by atoms with Crippen LogP contribution in [0.4, 0.5) is 5.69 Å². The van der Waals surface area contributed by atoms with Gasteiger partial charge in [-0.15, -0.1) is 10.2 Å². The van der Waals surface area contributed by atoms with E-state index in [1.54, 1.807) is 6.92 Å². The average Bonchev–Trinajstić information content (AvgIpc) is 2.89.